The van der Waals surface area contributed by atoms with E-state index in [1.54, 1.807) is 20.8 Å². The largest absolute Gasteiger partial charge is 0.444 e. The number of alkyl carbamates (subject to hydrolysis) is 1. The molecule has 0 saturated carbocycles. The molecule has 0 atom stereocenters. The molecule has 5 heteroatoms. The van der Waals surface area contributed by atoms with Crippen molar-refractivity contribution in [2.24, 2.45) is 0 Å². The third kappa shape index (κ3) is 6.09. The van der Waals surface area contributed by atoms with Gasteiger partial charge in [-0.25, -0.2) is 9.18 Å². The molecule has 0 spiro atoms. The van der Waals surface area contributed by atoms with E-state index in [-0.39, 0.29) is 17.9 Å². The Labute approximate surface area is 123 Å². The number of benzene rings is 1. The Hall–Kier alpha value is -2.35. The normalized spacial score (nSPS) is 10.3. The number of ether oxygens (including phenoxy) is 1. The SMILES string of the molecule is CC(=O)c1cc(F)ccc1C#CCNC(=O)OC(C)(C)C. The maximum Gasteiger partial charge on any atom is 0.408 e. The Morgan fingerprint density at radius 1 is 1.33 bits per heavy atom. The van der Waals surface area contributed by atoms with Gasteiger partial charge in [-0.05, 0) is 45.9 Å². The number of hydrogen-bond donors (Lipinski definition) is 1. The van der Waals surface area contributed by atoms with Crippen molar-refractivity contribution < 1.29 is 18.7 Å². The average Bonchev–Trinajstić information content (AvgIpc) is 2.33. The molecule has 0 aliphatic carbocycles. The molecule has 1 rings (SSSR count). The quantitative estimate of drug-likeness (QED) is 0.673. The van der Waals surface area contributed by atoms with E-state index in [1.807, 2.05) is 0 Å². The van der Waals surface area contributed by atoms with Crippen LogP contribution in [0.5, 0.6) is 0 Å². The molecule has 1 aromatic rings. The summed E-state index contributed by atoms with van der Waals surface area (Å²) in [5.74, 6) is 4.68. The molecule has 0 bridgehead atoms. The lowest BCUT2D eigenvalue weighted by Crippen LogP contribution is -2.32. The van der Waals surface area contributed by atoms with E-state index in [9.17, 15) is 14.0 Å². The van der Waals surface area contributed by atoms with Crippen LogP contribution in [0.2, 0.25) is 0 Å². The Balaban J connectivity index is 2.68. The number of nitrogens with one attached hydrogen (secondary N) is 1. The smallest absolute Gasteiger partial charge is 0.408 e. The first-order valence-electron chi connectivity index (χ1n) is 6.45. The van der Waals surface area contributed by atoms with Gasteiger partial charge < -0.3 is 10.1 Å². The second-order valence-corrected chi connectivity index (χ2v) is 5.40. The van der Waals surface area contributed by atoms with Crippen molar-refractivity contribution in [2.75, 3.05) is 6.54 Å². The summed E-state index contributed by atoms with van der Waals surface area (Å²) >= 11 is 0. The minimum absolute atomic E-state index is 0.0731. The summed E-state index contributed by atoms with van der Waals surface area (Å²) in [6, 6.07) is 3.82. The molecule has 0 aliphatic rings. The molecule has 0 saturated heterocycles. The van der Waals surface area contributed by atoms with Gasteiger partial charge in [0.15, 0.2) is 5.78 Å². The van der Waals surface area contributed by atoms with Crippen molar-refractivity contribution in [3.8, 4) is 11.8 Å². The van der Waals surface area contributed by atoms with Gasteiger partial charge in [0.1, 0.15) is 11.4 Å². The zero-order valence-electron chi connectivity index (χ0n) is 12.5. The van der Waals surface area contributed by atoms with Crippen LogP contribution in [-0.4, -0.2) is 24.0 Å². The van der Waals surface area contributed by atoms with Gasteiger partial charge in [0.2, 0.25) is 0 Å². The van der Waals surface area contributed by atoms with Crippen LogP contribution < -0.4 is 5.32 Å². The lowest BCUT2D eigenvalue weighted by molar-refractivity contribution is 0.0535. The zero-order chi connectivity index (χ0) is 16.0. The summed E-state index contributed by atoms with van der Waals surface area (Å²) in [7, 11) is 0. The highest BCUT2D eigenvalue weighted by molar-refractivity contribution is 5.96. The Morgan fingerprint density at radius 2 is 2.00 bits per heavy atom. The van der Waals surface area contributed by atoms with E-state index in [1.165, 1.54) is 19.1 Å². The molecule has 0 unspecified atom stereocenters. The Morgan fingerprint density at radius 3 is 2.57 bits per heavy atom. The second kappa shape index (κ2) is 6.89. The molecule has 0 aromatic heterocycles. The molecule has 0 aliphatic heterocycles. The van der Waals surface area contributed by atoms with Crippen LogP contribution in [0.1, 0.15) is 43.6 Å². The van der Waals surface area contributed by atoms with Crippen molar-refractivity contribution >= 4 is 11.9 Å². The number of amides is 1. The van der Waals surface area contributed by atoms with Crippen LogP contribution in [0, 0.1) is 17.7 Å². The minimum atomic E-state index is -0.573. The van der Waals surface area contributed by atoms with Crippen molar-refractivity contribution in [1.29, 1.82) is 0 Å². The Kier molecular flexibility index (Phi) is 5.48. The average molecular weight is 291 g/mol. The monoisotopic (exact) mass is 291 g/mol. The molecule has 1 aromatic carbocycles. The number of halogens is 1. The van der Waals surface area contributed by atoms with E-state index in [0.717, 1.165) is 6.07 Å². The van der Waals surface area contributed by atoms with Crippen LogP contribution in [0.3, 0.4) is 0 Å². The van der Waals surface area contributed by atoms with Crippen LogP contribution in [0.4, 0.5) is 9.18 Å². The maximum atomic E-state index is 13.1. The van der Waals surface area contributed by atoms with Gasteiger partial charge >= 0.3 is 6.09 Å². The fourth-order valence-electron chi connectivity index (χ4n) is 1.49. The summed E-state index contributed by atoms with van der Waals surface area (Å²) in [4.78, 5) is 22.8. The van der Waals surface area contributed by atoms with Gasteiger partial charge in [-0.3, -0.25) is 4.79 Å². The van der Waals surface area contributed by atoms with Crippen molar-refractivity contribution in [3.63, 3.8) is 0 Å². The van der Waals surface area contributed by atoms with Crippen molar-refractivity contribution in [3.05, 3.63) is 35.1 Å². The molecule has 1 amide bonds. The number of hydrogen-bond acceptors (Lipinski definition) is 3. The van der Waals surface area contributed by atoms with Crippen LogP contribution >= 0.6 is 0 Å². The van der Waals surface area contributed by atoms with E-state index in [0.29, 0.717) is 5.56 Å². The van der Waals surface area contributed by atoms with E-state index >= 15 is 0 Å². The molecule has 0 heterocycles. The summed E-state index contributed by atoms with van der Waals surface area (Å²) < 4.78 is 18.1. The minimum Gasteiger partial charge on any atom is -0.444 e. The number of rotatable bonds is 2. The fourth-order valence-corrected chi connectivity index (χ4v) is 1.49. The number of carbonyl (C=O) groups is 2. The predicted octanol–water partition coefficient (Wildman–Crippen LogP) is 2.90. The van der Waals surface area contributed by atoms with Crippen LogP contribution in [0.15, 0.2) is 18.2 Å². The van der Waals surface area contributed by atoms with E-state index < -0.39 is 17.5 Å². The highest BCUT2D eigenvalue weighted by Gasteiger charge is 2.15. The van der Waals surface area contributed by atoms with Gasteiger partial charge in [-0.1, -0.05) is 11.8 Å². The molecule has 1 N–H and O–H groups in total. The van der Waals surface area contributed by atoms with Gasteiger partial charge in [-0.2, -0.15) is 0 Å². The molecule has 4 nitrogen and oxygen atoms in total. The van der Waals surface area contributed by atoms with E-state index in [2.05, 4.69) is 17.2 Å². The molecule has 0 fully saturated rings. The van der Waals surface area contributed by atoms with Gasteiger partial charge in [-0.15, -0.1) is 0 Å². The Bertz CT molecular complexity index is 606. The molecular formula is C16H18FNO3. The van der Waals surface area contributed by atoms with Gasteiger partial charge in [0, 0.05) is 11.1 Å². The topological polar surface area (TPSA) is 55.4 Å². The first-order chi connectivity index (χ1) is 9.69. The van der Waals surface area contributed by atoms with Gasteiger partial charge in [0.05, 0.1) is 6.54 Å². The second-order valence-electron chi connectivity index (χ2n) is 5.40. The van der Waals surface area contributed by atoms with Crippen LogP contribution in [0.25, 0.3) is 0 Å². The summed E-state index contributed by atoms with van der Waals surface area (Å²) in [6.45, 7) is 6.70. The highest BCUT2D eigenvalue weighted by Crippen LogP contribution is 2.11. The zero-order valence-corrected chi connectivity index (χ0v) is 12.5. The number of Topliss-reactive ketones (excluding diaryl/α,β-unsaturated/α-hetero) is 1. The molecule has 112 valence electrons. The summed E-state index contributed by atoms with van der Waals surface area (Å²) in [5, 5.41) is 2.48. The van der Waals surface area contributed by atoms with Crippen molar-refractivity contribution in [1.82, 2.24) is 5.32 Å². The predicted molar refractivity (Wildman–Crippen MR) is 77.5 cm³/mol. The fraction of sp³-hybridized carbons (Fsp3) is 0.375. The summed E-state index contributed by atoms with van der Waals surface area (Å²) in [6.07, 6.45) is -0.567. The molecule has 0 radical (unpaired) electrons. The third-order valence-electron chi connectivity index (χ3n) is 2.30. The molecule has 21 heavy (non-hydrogen) atoms. The first kappa shape index (κ1) is 16.7. The number of ketones is 1. The van der Waals surface area contributed by atoms with Gasteiger partial charge in [0.25, 0.3) is 0 Å². The molecular weight excluding hydrogens is 273 g/mol. The van der Waals surface area contributed by atoms with Crippen molar-refractivity contribution in [2.45, 2.75) is 33.3 Å². The number of carbonyl (C=O) groups excluding carboxylic acids is 2. The van der Waals surface area contributed by atoms with E-state index in [4.69, 9.17) is 4.74 Å². The lowest BCUT2D eigenvalue weighted by Gasteiger charge is -2.19. The van der Waals surface area contributed by atoms with Crippen LogP contribution in [-0.2, 0) is 4.74 Å². The maximum absolute atomic E-state index is 13.1. The third-order valence-corrected chi connectivity index (χ3v) is 2.30. The summed E-state index contributed by atoms with van der Waals surface area (Å²) in [5.41, 5.74) is 0.0747. The standard InChI is InChI=1S/C16H18FNO3/c1-11(19)14-10-13(17)8-7-12(14)6-5-9-18-15(20)21-16(2,3)4/h7-8,10H,9H2,1-4H3,(H,18,20). The first-order valence-corrected chi connectivity index (χ1v) is 6.45. The highest BCUT2D eigenvalue weighted by atomic mass is 19.1. The lowest BCUT2D eigenvalue weighted by atomic mass is 10.0.